The lowest BCUT2D eigenvalue weighted by atomic mass is 10.1. The number of amides is 1. The van der Waals surface area contributed by atoms with Gasteiger partial charge in [0, 0.05) is 5.56 Å². The van der Waals surface area contributed by atoms with Crippen LogP contribution in [-0.4, -0.2) is 18.7 Å². The molecule has 124 valence electrons. The molecule has 0 saturated heterocycles. The largest absolute Gasteiger partial charge is 0.493 e. The van der Waals surface area contributed by atoms with Crippen LogP contribution in [0.2, 0.25) is 0 Å². The van der Waals surface area contributed by atoms with Gasteiger partial charge in [-0.2, -0.15) is 10.4 Å². The van der Waals surface area contributed by atoms with Crippen molar-refractivity contribution in [3.8, 4) is 11.8 Å². The fraction of sp³-hybridized carbons (Fsp3) is 0.500. The molecule has 5 nitrogen and oxygen atoms in total. The summed E-state index contributed by atoms with van der Waals surface area (Å²) in [6.07, 6.45) is 8.66. The van der Waals surface area contributed by atoms with Gasteiger partial charge in [-0.05, 0) is 18.6 Å². The Morgan fingerprint density at radius 3 is 2.78 bits per heavy atom. The van der Waals surface area contributed by atoms with Gasteiger partial charge in [-0.1, -0.05) is 51.2 Å². The predicted octanol–water partition coefficient (Wildman–Crippen LogP) is 3.79. The summed E-state index contributed by atoms with van der Waals surface area (Å²) in [6, 6.07) is 9.32. The van der Waals surface area contributed by atoms with Crippen molar-refractivity contribution in [3.05, 3.63) is 29.8 Å². The average Bonchev–Trinajstić information content (AvgIpc) is 2.55. The molecule has 23 heavy (non-hydrogen) atoms. The quantitative estimate of drug-likeness (QED) is 0.383. The number of nitriles is 1. The normalized spacial score (nSPS) is 10.4. The van der Waals surface area contributed by atoms with Crippen LogP contribution in [0.25, 0.3) is 0 Å². The Hall–Kier alpha value is -2.35. The molecule has 5 heteroatoms. The van der Waals surface area contributed by atoms with Gasteiger partial charge in [0.25, 0.3) is 5.91 Å². The van der Waals surface area contributed by atoms with Gasteiger partial charge in [-0.25, -0.2) is 5.43 Å². The van der Waals surface area contributed by atoms with E-state index >= 15 is 0 Å². The molecule has 0 aliphatic heterocycles. The number of unbranched alkanes of at least 4 members (excludes halogenated alkanes) is 5. The molecule has 0 atom stereocenters. The van der Waals surface area contributed by atoms with Gasteiger partial charge in [-0.15, -0.1) is 0 Å². The van der Waals surface area contributed by atoms with E-state index in [2.05, 4.69) is 17.5 Å². The summed E-state index contributed by atoms with van der Waals surface area (Å²) in [6.45, 7) is 2.89. The first kappa shape index (κ1) is 18.7. The minimum absolute atomic E-state index is 0.201. The van der Waals surface area contributed by atoms with Crippen LogP contribution in [0.4, 0.5) is 0 Å². The second-order valence-electron chi connectivity index (χ2n) is 5.28. The van der Waals surface area contributed by atoms with E-state index in [-0.39, 0.29) is 6.42 Å². The first-order valence-corrected chi connectivity index (χ1v) is 8.18. The number of ether oxygens (including phenoxy) is 1. The van der Waals surface area contributed by atoms with Crippen molar-refractivity contribution < 1.29 is 9.53 Å². The average molecular weight is 315 g/mol. The Balaban J connectivity index is 2.37. The molecular weight excluding hydrogens is 290 g/mol. The van der Waals surface area contributed by atoms with Crippen LogP contribution in [0.15, 0.2) is 29.4 Å². The van der Waals surface area contributed by atoms with Crippen LogP contribution in [-0.2, 0) is 4.79 Å². The molecule has 0 heterocycles. The number of nitrogens with one attached hydrogen (secondary N) is 1. The molecule has 1 aromatic rings. The molecule has 0 aromatic heterocycles. The van der Waals surface area contributed by atoms with Crippen LogP contribution >= 0.6 is 0 Å². The molecule has 0 saturated carbocycles. The Morgan fingerprint density at radius 1 is 1.26 bits per heavy atom. The summed E-state index contributed by atoms with van der Waals surface area (Å²) in [4.78, 5) is 11.2. The Kier molecular flexibility index (Phi) is 9.93. The topological polar surface area (TPSA) is 74.5 Å². The lowest BCUT2D eigenvalue weighted by Gasteiger charge is -2.08. The molecule has 0 aliphatic carbocycles. The molecule has 0 bridgehead atoms. The fourth-order valence-electron chi connectivity index (χ4n) is 2.07. The van der Waals surface area contributed by atoms with Crippen LogP contribution in [0.3, 0.4) is 0 Å². The maximum Gasteiger partial charge on any atom is 0.254 e. The number of para-hydroxylation sites is 1. The van der Waals surface area contributed by atoms with E-state index in [0.717, 1.165) is 17.7 Å². The number of rotatable bonds is 11. The lowest BCUT2D eigenvalue weighted by molar-refractivity contribution is -0.120. The van der Waals surface area contributed by atoms with E-state index in [0.29, 0.717) is 6.61 Å². The number of nitrogens with zero attached hydrogens (tertiary/aromatic N) is 2. The molecule has 0 unspecified atom stereocenters. The maximum absolute atomic E-state index is 11.2. The van der Waals surface area contributed by atoms with Gasteiger partial charge in [0.2, 0.25) is 0 Å². The van der Waals surface area contributed by atoms with E-state index < -0.39 is 5.91 Å². The zero-order chi connectivity index (χ0) is 16.8. The molecule has 1 aromatic carbocycles. The maximum atomic E-state index is 11.2. The van der Waals surface area contributed by atoms with E-state index in [1.54, 1.807) is 6.07 Å². The third kappa shape index (κ3) is 8.62. The Labute approximate surface area is 138 Å². The van der Waals surface area contributed by atoms with Crippen molar-refractivity contribution >= 4 is 12.1 Å². The Morgan fingerprint density at radius 2 is 2.00 bits per heavy atom. The number of hydrogen-bond donors (Lipinski definition) is 1. The highest BCUT2D eigenvalue weighted by Gasteiger charge is 2.01. The van der Waals surface area contributed by atoms with Crippen LogP contribution in [0.5, 0.6) is 5.75 Å². The number of benzene rings is 1. The van der Waals surface area contributed by atoms with Gasteiger partial charge in [-0.3, -0.25) is 4.79 Å². The van der Waals surface area contributed by atoms with Gasteiger partial charge in [0.05, 0.1) is 18.9 Å². The number of carbonyl (C=O) groups is 1. The lowest BCUT2D eigenvalue weighted by Crippen LogP contribution is -2.16. The molecule has 0 spiro atoms. The van der Waals surface area contributed by atoms with Crippen molar-refractivity contribution in [2.45, 2.75) is 51.9 Å². The van der Waals surface area contributed by atoms with Crippen molar-refractivity contribution in [3.63, 3.8) is 0 Å². The standard InChI is InChI=1S/C18H25N3O2/c1-2-3-4-5-6-9-14-23-17-11-8-7-10-16(17)15-20-21-18(22)12-13-19/h7-8,10-11,15H,2-6,9,12,14H2,1H3,(H,21,22). The number of carbonyl (C=O) groups excluding carboxylic acids is 1. The van der Waals surface area contributed by atoms with E-state index in [4.69, 9.17) is 10.00 Å². The van der Waals surface area contributed by atoms with E-state index in [9.17, 15) is 4.79 Å². The molecule has 0 radical (unpaired) electrons. The third-order valence-electron chi connectivity index (χ3n) is 3.31. The summed E-state index contributed by atoms with van der Waals surface area (Å²) in [7, 11) is 0. The highest BCUT2D eigenvalue weighted by Crippen LogP contribution is 2.16. The molecule has 0 aliphatic rings. The highest BCUT2D eigenvalue weighted by atomic mass is 16.5. The first-order valence-electron chi connectivity index (χ1n) is 8.18. The fourth-order valence-corrected chi connectivity index (χ4v) is 2.07. The van der Waals surface area contributed by atoms with Gasteiger partial charge in [0.1, 0.15) is 12.2 Å². The zero-order valence-electron chi connectivity index (χ0n) is 13.8. The van der Waals surface area contributed by atoms with Crippen molar-refractivity contribution in [2.75, 3.05) is 6.61 Å². The van der Waals surface area contributed by atoms with Crippen LogP contribution < -0.4 is 10.2 Å². The zero-order valence-corrected chi connectivity index (χ0v) is 13.8. The molecular formula is C18H25N3O2. The molecule has 1 N–H and O–H groups in total. The predicted molar refractivity (Wildman–Crippen MR) is 91.3 cm³/mol. The SMILES string of the molecule is CCCCCCCCOc1ccccc1C=NNC(=O)CC#N. The van der Waals surface area contributed by atoms with E-state index in [1.807, 2.05) is 24.3 Å². The number of hydrogen-bond acceptors (Lipinski definition) is 4. The van der Waals surface area contributed by atoms with Crippen molar-refractivity contribution in [1.29, 1.82) is 5.26 Å². The summed E-state index contributed by atoms with van der Waals surface area (Å²) >= 11 is 0. The van der Waals surface area contributed by atoms with Gasteiger partial charge in [0.15, 0.2) is 0 Å². The summed E-state index contributed by atoms with van der Waals surface area (Å²) in [5.74, 6) is 0.327. The van der Waals surface area contributed by atoms with Crippen LogP contribution in [0, 0.1) is 11.3 Å². The first-order chi connectivity index (χ1) is 11.3. The second-order valence-corrected chi connectivity index (χ2v) is 5.28. The van der Waals surface area contributed by atoms with Gasteiger partial charge < -0.3 is 4.74 Å². The monoisotopic (exact) mass is 315 g/mol. The second kappa shape index (κ2) is 12.2. The Bertz CT molecular complexity index is 535. The molecule has 1 amide bonds. The summed E-state index contributed by atoms with van der Waals surface area (Å²) in [5, 5.41) is 12.2. The van der Waals surface area contributed by atoms with Crippen molar-refractivity contribution in [2.24, 2.45) is 5.10 Å². The minimum atomic E-state index is -0.422. The van der Waals surface area contributed by atoms with Gasteiger partial charge >= 0.3 is 0 Å². The molecule has 0 fully saturated rings. The summed E-state index contributed by atoms with van der Waals surface area (Å²) in [5.41, 5.74) is 3.11. The highest BCUT2D eigenvalue weighted by molar-refractivity contribution is 5.85. The van der Waals surface area contributed by atoms with Crippen LogP contribution in [0.1, 0.15) is 57.4 Å². The smallest absolute Gasteiger partial charge is 0.254 e. The molecule has 1 rings (SSSR count). The third-order valence-corrected chi connectivity index (χ3v) is 3.31. The van der Waals surface area contributed by atoms with Crippen molar-refractivity contribution in [1.82, 2.24) is 5.43 Å². The summed E-state index contributed by atoms with van der Waals surface area (Å²) < 4.78 is 5.79. The van der Waals surface area contributed by atoms with E-state index in [1.165, 1.54) is 38.3 Å². The minimum Gasteiger partial charge on any atom is -0.493 e. The number of hydrazone groups is 1.